The van der Waals surface area contributed by atoms with E-state index < -0.39 is 5.92 Å². The lowest BCUT2D eigenvalue weighted by Gasteiger charge is -2.38. The SMILES string of the molecule is CCOc1ccc(C2C3=C(CC(C)(C)CC3=O)Nc3nc(N)[nH]c(=O)c32)cc1. The van der Waals surface area contributed by atoms with Gasteiger partial charge in [0.1, 0.15) is 11.6 Å². The van der Waals surface area contributed by atoms with Gasteiger partial charge in [-0.2, -0.15) is 4.98 Å². The molecule has 0 spiro atoms. The second-order valence-corrected chi connectivity index (χ2v) is 8.11. The van der Waals surface area contributed by atoms with Gasteiger partial charge in [-0.3, -0.25) is 14.6 Å². The Hall–Kier alpha value is -3.09. The van der Waals surface area contributed by atoms with E-state index in [1.165, 1.54) is 0 Å². The molecular weight excluding hydrogens is 356 g/mol. The van der Waals surface area contributed by atoms with Crippen LogP contribution in [0.25, 0.3) is 0 Å². The number of rotatable bonds is 3. The van der Waals surface area contributed by atoms with E-state index in [-0.39, 0.29) is 22.7 Å². The van der Waals surface area contributed by atoms with Crippen LogP contribution in [-0.4, -0.2) is 22.4 Å². The molecule has 28 heavy (non-hydrogen) atoms. The Kier molecular flexibility index (Phi) is 4.25. The number of ketones is 1. The molecule has 0 amide bonds. The van der Waals surface area contributed by atoms with E-state index in [2.05, 4.69) is 29.1 Å². The molecule has 146 valence electrons. The van der Waals surface area contributed by atoms with Crippen LogP contribution in [0.15, 0.2) is 40.3 Å². The topological polar surface area (TPSA) is 110 Å². The van der Waals surface area contributed by atoms with Crippen molar-refractivity contribution in [3.05, 3.63) is 57.0 Å². The van der Waals surface area contributed by atoms with E-state index in [0.717, 1.165) is 17.0 Å². The number of carbonyl (C=O) groups excluding carboxylic acids is 1. The number of H-pyrrole nitrogens is 1. The summed E-state index contributed by atoms with van der Waals surface area (Å²) in [5.41, 5.74) is 8.01. The summed E-state index contributed by atoms with van der Waals surface area (Å²) in [6, 6.07) is 7.52. The quantitative estimate of drug-likeness (QED) is 0.755. The molecule has 1 aliphatic heterocycles. The number of nitrogens with two attached hydrogens (primary N) is 1. The van der Waals surface area contributed by atoms with Gasteiger partial charge in [0.15, 0.2) is 5.78 Å². The van der Waals surface area contributed by atoms with Crippen LogP contribution in [-0.2, 0) is 4.79 Å². The summed E-state index contributed by atoms with van der Waals surface area (Å²) in [6.45, 7) is 6.63. The molecule has 4 N–H and O–H groups in total. The highest BCUT2D eigenvalue weighted by molar-refractivity contribution is 6.01. The Morgan fingerprint density at radius 1 is 1.21 bits per heavy atom. The van der Waals surface area contributed by atoms with E-state index in [1.807, 2.05) is 31.2 Å². The van der Waals surface area contributed by atoms with Crippen molar-refractivity contribution >= 4 is 17.5 Å². The molecule has 2 aromatic rings. The van der Waals surface area contributed by atoms with Crippen LogP contribution >= 0.6 is 0 Å². The van der Waals surface area contributed by atoms with Crippen molar-refractivity contribution in [3.8, 4) is 5.75 Å². The highest BCUT2D eigenvalue weighted by Crippen LogP contribution is 2.47. The Morgan fingerprint density at radius 2 is 1.93 bits per heavy atom. The number of fused-ring (bicyclic) bond motifs is 1. The van der Waals surface area contributed by atoms with Gasteiger partial charge in [-0.1, -0.05) is 26.0 Å². The van der Waals surface area contributed by atoms with Gasteiger partial charge in [0.2, 0.25) is 5.95 Å². The van der Waals surface area contributed by atoms with Crippen molar-refractivity contribution in [3.63, 3.8) is 0 Å². The molecule has 0 radical (unpaired) electrons. The first-order valence-corrected chi connectivity index (χ1v) is 9.45. The number of ether oxygens (including phenoxy) is 1. The Balaban J connectivity index is 1.91. The standard InChI is InChI=1S/C21H24N4O3/c1-4-28-12-7-5-11(6-8-12)15-16-13(9-21(2,3)10-14(16)26)23-18-17(15)19(27)25-20(22)24-18/h5-8,15H,4,9-10H2,1-3H3,(H4,22,23,24,25,27). The van der Waals surface area contributed by atoms with Gasteiger partial charge in [-0.15, -0.1) is 0 Å². The summed E-state index contributed by atoms with van der Waals surface area (Å²) < 4.78 is 5.52. The maximum atomic E-state index is 13.1. The Morgan fingerprint density at radius 3 is 2.61 bits per heavy atom. The minimum absolute atomic E-state index is 0.0483. The molecule has 7 heteroatoms. The third kappa shape index (κ3) is 3.06. The molecule has 1 unspecified atom stereocenters. The first kappa shape index (κ1) is 18.3. The Bertz CT molecular complexity index is 1030. The number of anilines is 2. The number of nitrogens with one attached hydrogen (secondary N) is 2. The van der Waals surface area contributed by atoms with Crippen LogP contribution in [0, 0.1) is 5.41 Å². The fourth-order valence-electron chi connectivity index (χ4n) is 4.19. The number of benzene rings is 1. The smallest absolute Gasteiger partial charge is 0.258 e. The first-order chi connectivity index (χ1) is 13.3. The zero-order valence-corrected chi connectivity index (χ0v) is 16.3. The second-order valence-electron chi connectivity index (χ2n) is 8.11. The second kappa shape index (κ2) is 6.51. The van der Waals surface area contributed by atoms with E-state index in [9.17, 15) is 9.59 Å². The summed E-state index contributed by atoms with van der Waals surface area (Å²) in [4.78, 5) is 32.7. The molecule has 0 fully saturated rings. The van der Waals surface area contributed by atoms with Crippen molar-refractivity contribution in [1.82, 2.24) is 9.97 Å². The summed E-state index contributed by atoms with van der Waals surface area (Å²) in [7, 11) is 0. The number of hydrogen-bond donors (Lipinski definition) is 3. The van der Waals surface area contributed by atoms with Gasteiger partial charge >= 0.3 is 0 Å². The lowest BCUT2D eigenvalue weighted by Crippen LogP contribution is -2.37. The summed E-state index contributed by atoms with van der Waals surface area (Å²) in [5.74, 6) is 0.786. The third-order valence-electron chi connectivity index (χ3n) is 5.26. The van der Waals surface area contributed by atoms with Crippen LogP contribution in [0.3, 0.4) is 0 Å². The molecule has 7 nitrogen and oxygen atoms in total. The molecule has 1 atom stereocenters. The van der Waals surface area contributed by atoms with E-state index in [4.69, 9.17) is 10.5 Å². The molecule has 2 aliphatic rings. The van der Waals surface area contributed by atoms with Gasteiger partial charge in [0.05, 0.1) is 12.2 Å². The van der Waals surface area contributed by atoms with Crippen molar-refractivity contribution in [1.29, 1.82) is 0 Å². The molecule has 0 saturated carbocycles. The van der Waals surface area contributed by atoms with Gasteiger partial charge in [-0.25, -0.2) is 0 Å². The van der Waals surface area contributed by atoms with Gasteiger partial charge in [-0.05, 0) is 36.5 Å². The largest absolute Gasteiger partial charge is 0.494 e. The monoisotopic (exact) mass is 380 g/mol. The minimum Gasteiger partial charge on any atom is -0.494 e. The molecule has 1 aromatic heterocycles. The molecule has 4 rings (SSSR count). The van der Waals surface area contributed by atoms with E-state index in [0.29, 0.717) is 36.4 Å². The third-order valence-corrected chi connectivity index (χ3v) is 5.26. The Labute approximate surface area is 163 Å². The molecular formula is C21H24N4O3. The number of allylic oxidation sites excluding steroid dienone is 2. The zero-order chi connectivity index (χ0) is 20.1. The van der Waals surface area contributed by atoms with E-state index in [1.54, 1.807) is 0 Å². The average molecular weight is 380 g/mol. The summed E-state index contributed by atoms with van der Waals surface area (Å²) >= 11 is 0. The number of nitrogen functional groups attached to an aromatic ring is 1. The predicted octanol–water partition coefficient (Wildman–Crippen LogP) is 2.95. The van der Waals surface area contributed by atoms with Crippen LogP contribution < -0.4 is 21.3 Å². The number of aromatic amines is 1. The fourth-order valence-corrected chi connectivity index (χ4v) is 4.19. The van der Waals surface area contributed by atoms with Gasteiger partial charge in [0.25, 0.3) is 5.56 Å². The highest BCUT2D eigenvalue weighted by atomic mass is 16.5. The minimum atomic E-state index is -0.484. The normalized spacial score (nSPS) is 20.2. The van der Waals surface area contributed by atoms with Crippen LogP contribution in [0.2, 0.25) is 0 Å². The number of Topliss-reactive ketones (excluding diaryl/α,β-unsaturated/α-hetero) is 1. The van der Waals surface area contributed by atoms with Crippen molar-refractivity contribution in [2.24, 2.45) is 5.41 Å². The number of aromatic nitrogens is 2. The number of carbonyl (C=O) groups is 1. The lowest BCUT2D eigenvalue weighted by molar-refractivity contribution is -0.118. The molecule has 0 bridgehead atoms. The molecule has 2 heterocycles. The number of hydrogen-bond acceptors (Lipinski definition) is 6. The maximum Gasteiger partial charge on any atom is 0.258 e. The molecule has 0 saturated heterocycles. The summed E-state index contributed by atoms with van der Waals surface area (Å²) in [6.07, 6.45) is 1.14. The van der Waals surface area contributed by atoms with Crippen molar-refractivity contribution < 1.29 is 9.53 Å². The first-order valence-electron chi connectivity index (χ1n) is 9.45. The van der Waals surface area contributed by atoms with Gasteiger partial charge in [0, 0.05) is 23.6 Å². The van der Waals surface area contributed by atoms with E-state index >= 15 is 0 Å². The van der Waals surface area contributed by atoms with Gasteiger partial charge < -0.3 is 15.8 Å². The lowest BCUT2D eigenvalue weighted by atomic mass is 9.69. The zero-order valence-electron chi connectivity index (χ0n) is 16.3. The average Bonchev–Trinajstić information content (AvgIpc) is 2.59. The predicted molar refractivity (Wildman–Crippen MR) is 107 cm³/mol. The highest BCUT2D eigenvalue weighted by Gasteiger charge is 2.42. The molecule has 1 aliphatic carbocycles. The van der Waals surface area contributed by atoms with Crippen LogP contribution in [0.4, 0.5) is 11.8 Å². The summed E-state index contributed by atoms with van der Waals surface area (Å²) in [5, 5.41) is 3.22. The number of nitrogens with zero attached hydrogens (tertiary/aromatic N) is 1. The fraction of sp³-hybridized carbons (Fsp3) is 0.381. The van der Waals surface area contributed by atoms with Crippen molar-refractivity contribution in [2.45, 2.75) is 39.5 Å². The maximum absolute atomic E-state index is 13.1. The van der Waals surface area contributed by atoms with Crippen molar-refractivity contribution in [2.75, 3.05) is 17.7 Å². The van der Waals surface area contributed by atoms with Crippen LogP contribution in [0.1, 0.15) is 50.7 Å². The molecule has 1 aromatic carbocycles. The van der Waals surface area contributed by atoms with Crippen LogP contribution in [0.5, 0.6) is 5.75 Å².